The molecule has 1 saturated heterocycles. The van der Waals surface area contributed by atoms with E-state index in [1.165, 1.54) is 0 Å². The number of likely N-dealkylation sites (tertiary alicyclic amines) is 1. The van der Waals surface area contributed by atoms with Crippen molar-refractivity contribution in [2.75, 3.05) is 6.54 Å². The number of benzene rings is 2. The molecule has 1 aliphatic heterocycles. The van der Waals surface area contributed by atoms with E-state index >= 15 is 0 Å². The second-order valence-corrected chi connectivity index (χ2v) is 12.0. The van der Waals surface area contributed by atoms with Gasteiger partial charge in [-0.15, -0.1) is 0 Å². The zero-order valence-corrected chi connectivity index (χ0v) is 25.1. The molecule has 0 aromatic heterocycles. The minimum Gasteiger partial charge on any atom is -0.445 e. The number of aliphatic hydroxyl groups excluding tert-OH is 2. The summed E-state index contributed by atoms with van der Waals surface area (Å²) >= 11 is 0. The van der Waals surface area contributed by atoms with Crippen LogP contribution in [-0.2, 0) is 36.9 Å². The molecule has 238 valence electrons. The smallest absolute Gasteiger partial charge is 0.408 e. The number of carbonyl (C=O) groups is 5. The van der Waals surface area contributed by atoms with Crippen molar-refractivity contribution in [3.8, 4) is 0 Å². The molecule has 5 amide bonds. The number of nitrogens with zero attached hydrogens (tertiary/aromatic N) is 1. The molecule has 2 aromatic rings. The molecule has 0 bridgehead atoms. The average molecular weight is 613 g/mol. The number of nitrogens with two attached hydrogens (primary N) is 2. The van der Waals surface area contributed by atoms with Gasteiger partial charge in [0.2, 0.25) is 11.8 Å². The minimum absolute atomic E-state index is 0.0326. The number of hydrogen-bond donors (Lipinski definition) is 6. The van der Waals surface area contributed by atoms with E-state index in [0.717, 1.165) is 0 Å². The third-order valence-electron chi connectivity index (χ3n) is 7.93. The van der Waals surface area contributed by atoms with E-state index in [2.05, 4.69) is 10.6 Å². The molecular formula is C31H42N5O8+. The fourth-order valence-corrected chi connectivity index (χ4v) is 5.74. The molecule has 1 heterocycles. The Morgan fingerprint density at radius 3 is 2.05 bits per heavy atom. The molecule has 0 aliphatic carbocycles. The molecule has 0 saturated carbocycles. The monoisotopic (exact) mass is 612 g/mol. The van der Waals surface area contributed by atoms with Crippen LogP contribution in [0.3, 0.4) is 0 Å². The van der Waals surface area contributed by atoms with Crippen LogP contribution in [0.4, 0.5) is 4.79 Å². The van der Waals surface area contributed by atoms with Gasteiger partial charge in [0, 0.05) is 6.42 Å². The SMILES string of the molecule is CC(C)(C)[N+]1(C(=O)[C@@H](O)[C@H](Cc2ccccc2)NC(=O)[C@H](CC(N)=O)NC(=O)OCc2ccccc2)C[C@@H](O)C[C@H]1C(N)=O. The number of amides is 5. The maximum atomic E-state index is 14.2. The predicted octanol–water partition coefficient (Wildman–Crippen LogP) is 0.00560. The van der Waals surface area contributed by atoms with Crippen LogP contribution in [0.1, 0.15) is 44.7 Å². The van der Waals surface area contributed by atoms with E-state index in [1.54, 1.807) is 81.4 Å². The zero-order chi connectivity index (χ0) is 32.7. The van der Waals surface area contributed by atoms with Crippen molar-refractivity contribution in [1.29, 1.82) is 0 Å². The van der Waals surface area contributed by atoms with E-state index in [4.69, 9.17) is 16.2 Å². The van der Waals surface area contributed by atoms with E-state index < -0.39 is 76.5 Å². The van der Waals surface area contributed by atoms with Crippen LogP contribution in [0.2, 0.25) is 0 Å². The van der Waals surface area contributed by atoms with E-state index in [-0.39, 0.29) is 26.0 Å². The molecule has 1 aliphatic rings. The van der Waals surface area contributed by atoms with Crippen molar-refractivity contribution in [2.45, 2.75) is 82.5 Å². The highest BCUT2D eigenvalue weighted by Crippen LogP contribution is 2.38. The highest BCUT2D eigenvalue weighted by atomic mass is 16.5. The van der Waals surface area contributed by atoms with Gasteiger partial charge in [-0.2, -0.15) is 0 Å². The van der Waals surface area contributed by atoms with Crippen LogP contribution in [0.15, 0.2) is 60.7 Å². The number of rotatable bonds is 12. The molecule has 13 heteroatoms. The number of primary amides is 2. The van der Waals surface area contributed by atoms with Crippen molar-refractivity contribution in [3.05, 3.63) is 71.8 Å². The third kappa shape index (κ3) is 8.18. The Labute approximate surface area is 256 Å². The quantitative estimate of drug-likeness (QED) is 0.179. The number of ether oxygens (including phenoxy) is 1. The average Bonchev–Trinajstić information content (AvgIpc) is 3.34. The molecule has 1 unspecified atom stereocenters. The minimum atomic E-state index is -1.88. The fraction of sp³-hybridized carbons (Fsp3) is 0.452. The molecular weight excluding hydrogens is 570 g/mol. The molecule has 0 radical (unpaired) electrons. The van der Waals surface area contributed by atoms with Gasteiger partial charge in [0.25, 0.3) is 5.91 Å². The van der Waals surface area contributed by atoms with Crippen molar-refractivity contribution in [2.24, 2.45) is 11.5 Å². The van der Waals surface area contributed by atoms with Gasteiger partial charge in [0.1, 0.15) is 25.3 Å². The molecule has 13 nitrogen and oxygen atoms in total. The Kier molecular flexibility index (Phi) is 11.2. The van der Waals surface area contributed by atoms with Crippen LogP contribution in [0.5, 0.6) is 0 Å². The van der Waals surface area contributed by atoms with Crippen molar-refractivity contribution in [3.63, 3.8) is 0 Å². The van der Waals surface area contributed by atoms with Crippen molar-refractivity contribution < 1.29 is 43.4 Å². The molecule has 0 spiro atoms. The van der Waals surface area contributed by atoms with Gasteiger partial charge in [0.05, 0.1) is 18.0 Å². The number of aliphatic hydroxyl groups is 2. The maximum Gasteiger partial charge on any atom is 0.408 e. The highest BCUT2D eigenvalue weighted by Gasteiger charge is 2.62. The Morgan fingerprint density at radius 1 is 0.955 bits per heavy atom. The summed E-state index contributed by atoms with van der Waals surface area (Å²) in [6.45, 7) is 4.83. The molecule has 8 N–H and O–H groups in total. The first kappa shape index (κ1) is 34.2. The first-order valence-corrected chi connectivity index (χ1v) is 14.3. The van der Waals surface area contributed by atoms with Crippen LogP contribution >= 0.6 is 0 Å². The molecule has 6 atom stereocenters. The predicted molar refractivity (Wildman–Crippen MR) is 159 cm³/mol. The van der Waals surface area contributed by atoms with Crippen LogP contribution in [-0.4, -0.2) is 86.8 Å². The molecule has 3 rings (SSSR count). The normalized spacial score (nSPS) is 21.8. The van der Waals surface area contributed by atoms with Crippen LogP contribution in [0.25, 0.3) is 0 Å². The number of nitrogens with one attached hydrogen (secondary N) is 2. The van der Waals surface area contributed by atoms with E-state index in [9.17, 15) is 34.2 Å². The molecule has 44 heavy (non-hydrogen) atoms. The Bertz CT molecular complexity index is 1330. The number of carbonyl (C=O) groups excluding carboxylic acids is 5. The lowest BCUT2D eigenvalue weighted by molar-refractivity contribution is -0.906. The van der Waals surface area contributed by atoms with Crippen molar-refractivity contribution in [1.82, 2.24) is 10.6 Å². The standard InChI is InChI=1S/C31H41N5O8/c1-31(2,3)36(17-21(37)15-24(36)27(33)40)29(42)26(39)22(14-19-10-6-4-7-11-19)34-28(41)23(16-25(32)38)35-30(43)44-18-20-12-8-5-9-13-20/h4-13,21-24,26,37,39H,14-18H2,1-3H3,(H5-,32,33,34,35,38,40,41,43)/p+1/t21-,22-,23-,24-,26-,36?/m0/s1. The Hall–Kier alpha value is -4.33. The van der Waals surface area contributed by atoms with E-state index in [1.807, 2.05) is 0 Å². The van der Waals surface area contributed by atoms with Gasteiger partial charge in [0.15, 0.2) is 12.1 Å². The second-order valence-electron chi connectivity index (χ2n) is 12.0. The Morgan fingerprint density at radius 2 is 1.52 bits per heavy atom. The summed E-state index contributed by atoms with van der Waals surface area (Å²) < 4.78 is 4.55. The summed E-state index contributed by atoms with van der Waals surface area (Å²) in [5.74, 6) is -3.41. The van der Waals surface area contributed by atoms with Gasteiger partial charge < -0.3 is 37.1 Å². The van der Waals surface area contributed by atoms with Gasteiger partial charge in [-0.3, -0.25) is 14.4 Å². The van der Waals surface area contributed by atoms with E-state index in [0.29, 0.717) is 11.1 Å². The summed E-state index contributed by atoms with van der Waals surface area (Å²) in [5.41, 5.74) is 11.4. The summed E-state index contributed by atoms with van der Waals surface area (Å²) in [6.07, 6.45) is -4.60. The highest BCUT2D eigenvalue weighted by molar-refractivity contribution is 5.91. The summed E-state index contributed by atoms with van der Waals surface area (Å²) in [5, 5.41) is 27.1. The zero-order valence-electron chi connectivity index (χ0n) is 25.1. The number of hydrogen-bond acceptors (Lipinski definition) is 8. The summed E-state index contributed by atoms with van der Waals surface area (Å²) in [6, 6.07) is 13.6. The topological polar surface area (TPSA) is 211 Å². The van der Waals surface area contributed by atoms with Crippen LogP contribution < -0.4 is 22.1 Å². The van der Waals surface area contributed by atoms with Crippen LogP contribution in [0, 0.1) is 0 Å². The second kappa shape index (κ2) is 14.4. The number of alkyl carbamates (subject to hydrolysis) is 1. The summed E-state index contributed by atoms with van der Waals surface area (Å²) in [7, 11) is 0. The fourth-order valence-electron chi connectivity index (χ4n) is 5.74. The maximum absolute atomic E-state index is 14.2. The third-order valence-corrected chi connectivity index (χ3v) is 7.93. The summed E-state index contributed by atoms with van der Waals surface area (Å²) in [4.78, 5) is 64.6. The first-order chi connectivity index (χ1) is 20.7. The Balaban J connectivity index is 1.89. The lowest BCUT2D eigenvalue weighted by atomic mass is 9.93. The molecule has 1 fully saturated rings. The molecule has 2 aromatic carbocycles. The lowest BCUT2D eigenvalue weighted by Gasteiger charge is -2.47. The largest absolute Gasteiger partial charge is 0.445 e. The first-order valence-electron chi connectivity index (χ1n) is 14.3. The lowest BCUT2D eigenvalue weighted by Crippen LogP contribution is -2.73. The number of quaternary nitrogens is 1. The van der Waals surface area contributed by atoms with Gasteiger partial charge >= 0.3 is 12.0 Å². The van der Waals surface area contributed by atoms with Gasteiger partial charge in [-0.25, -0.2) is 14.1 Å². The van der Waals surface area contributed by atoms with Gasteiger partial charge in [-0.1, -0.05) is 60.7 Å². The van der Waals surface area contributed by atoms with Gasteiger partial charge in [-0.05, 0) is 38.3 Å². The van der Waals surface area contributed by atoms with Crippen molar-refractivity contribution >= 4 is 29.7 Å².